The van der Waals surface area contributed by atoms with E-state index >= 15 is 0 Å². The summed E-state index contributed by atoms with van der Waals surface area (Å²) in [6.45, 7) is 14.9. The summed E-state index contributed by atoms with van der Waals surface area (Å²) in [6, 6.07) is 1.22. The lowest BCUT2D eigenvalue weighted by molar-refractivity contribution is 0.00531. The van der Waals surface area contributed by atoms with Crippen LogP contribution in [0.1, 0.15) is 47.5 Å². The normalized spacial score (nSPS) is 39.2. The standard InChI is InChI=1S/C15H30N2O/c1-11-8-16-14(15(3,4)5)10-17(11)9-13-7-6-12(2)18-13/h11-14,16H,6-10H2,1-5H3. The van der Waals surface area contributed by atoms with Crippen molar-refractivity contribution >= 4 is 0 Å². The molecule has 0 bridgehead atoms. The molecule has 0 spiro atoms. The number of rotatable bonds is 2. The minimum Gasteiger partial charge on any atom is -0.374 e. The zero-order valence-electron chi connectivity index (χ0n) is 12.7. The smallest absolute Gasteiger partial charge is 0.0706 e. The number of hydrogen-bond donors (Lipinski definition) is 1. The van der Waals surface area contributed by atoms with Gasteiger partial charge in [-0.25, -0.2) is 0 Å². The van der Waals surface area contributed by atoms with Crippen LogP contribution in [0, 0.1) is 5.41 Å². The zero-order valence-corrected chi connectivity index (χ0v) is 12.7. The summed E-state index contributed by atoms with van der Waals surface area (Å²) in [4.78, 5) is 2.62. The second-order valence-corrected chi connectivity index (χ2v) is 7.28. The lowest BCUT2D eigenvalue weighted by Gasteiger charge is -2.44. The van der Waals surface area contributed by atoms with Crippen molar-refractivity contribution in [1.82, 2.24) is 10.2 Å². The molecule has 2 fully saturated rings. The molecule has 0 aromatic carbocycles. The fourth-order valence-electron chi connectivity index (χ4n) is 3.04. The van der Waals surface area contributed by atoms with Crippen LogP contribution in [0.3, 0.4) is 0 Å². The molecule has 4 unspecified atom stereocenters. The van der Waals surface area contributed by atoms with Crippen molar-refractivity contribution in [2.75, 3.05) is 19.6 Å². The van der Waals surface area contributed by atoms with Gasteiger partial charge in [0.15, 0.2) is 0 Å². The van der Waals surface area contributed by atoms with Gasteiger partial charge in [-0.15, -0.1) is 0 Å². The summed E-state index contributed by atoms with van der Waals surface area (Å²) in [5, 5.41) is 3.69. The molecule has 0 aromatic heterocycles. The van der Waals surface area contributed by atoms with Crippen molar-refractivity contribution in [3.8, 4) is 0 Å². The third kappa shape index (κ3) is 3.46. The van der Waals surface area contributed by atoms with Gasteiger partial charge in [0, 0.05) is 31.7 Å². The highest BCUT2D eigenvalue weighted by atomic mass is 16.5. The SMILES string of the molecule is CC1CCC(CN2CC(C(C)(C)C)NCC2C)O1. The summed E-state index contributed by atoms with van der Waals surface area (Å²) < 4.78 is 5.97. The minimum atomic E-state index is 0.336. The van der Waals surface area contributed by atoms with Crippen LogP contribution in [0.5, 0.6) is 0 Å². The Hall–Kier alpha value is -0.120. The number of nitrogens with zero attached hydrogens (tertiary/aromatic N) is 1. The van der Waals surface area contributed by atoms with Crippen LogP contribution < -0.4 is 5.32 Å². The fourth-order valence-corrected chi connectivity index (χ4v) is 3.04. The Labute approximate surface area is 112 Å². The van der Waals surface area contributed by atoms with Crippen molar-refractivity contribution in [3.63, 3.8) is 0 Å². The molecule has 2 aliphatic heterocycles. The second kappa shape index (κ2) is 5.48. The molecule has 3 heteroatoms. The van der Waals surface area contributed by atoms with Gasteiger partial charge < -0.3 is 10.1 Å². The Bertz CT molecular complexity index is 274. The van der Waals surface area contributed by atoms with E-state index in [0.29, 0.717) is 29.7 Å². The average molecular weight is 254 g/mol. The Kier molecular flexibility index (Phi) is 4.35. The van der Waals surface area contributed by atoms with Gasteiger partial charge >= 0.3 is 0 Å². The van der Waals surface area contributed by atoms with Crippen molar-refractivity contribution < 1.29 is 4.74 Å². The van der Waals surface area contributed by atoms with Gasteiger partial charge in [-0.2, -0.15) is 0 Å². The molecule has 2 rings (SSSR count). The maximum absolute atomic E-state index is 5.97. The molecular formula is C15H30N2O. The highest BCUT2D eigenvalue weighted by Gasteiger charge is 2.34. The predicted molar refractivity (Wildman–Crippen MR) is 75.8 cm³/mol. The number of piperazine rings is 1. The molecule has 0 aromatic rings. The molecule has 4 atom stereocenters. The van der Waals surface area contributed by atoms with E-state index in [1.165, 1.54) is 12.8 Å². The molecule has 2 heterocycles. The van der Waals surface area contributed by atoms with Crippen LogP contribution in [0.4, 0.5) is 0 Å². The van der Waals surface area contributed by atoms with Gasteiger partial charge in [0.1, 0.15) is 0 Å². The Morgan fingerprint density at radius 1 is 1.22 bits per heavy atom. The maximum atomic E-state index is 5.97. The molecule has 18 heavy (non-hydrogen) atoms. The lowest BCUT2D eigenvalue weighted by atomic mass is 9.84. The lowest BCUT2D eigenvalue weighted by Crippen LogP contribution is -2.60. The van der Waals surface area contributed by atoms with Crippen molar-refractivity contribution in [1.29, 1.82) is 0 Å². The number of ether oxygens (including phenoxy) is 1. The van der Waals surface area contributed by atoms with Gasteiger partial charge in [0.25, 0.3) is 0 Å². The van der Waals surface area contributed by atoms with E-state index in [9.17, 15) is 0 Å². The molecule has 0 amide bonds. The fraction of sp³-hybridized carbons (Fsp3) is 1.00. The Balaban J connectivity index is 1.89. The summed E-state index contributed by atoms with van der Waals surface area (Å²) in [5.74, 6) is 0. The highest BCUT2D eigenvalue weighted by Crippen LogP contribution is 2.26. The molecular weight excluding hydrogens is 224 g/mol. The molecule has 2 aliphatic rings. The minimum absolute atomic E-state index is 0.336. The van der Waals surface area contributed by atoms with E-state index in [1.54, 1.807) is 0 Å². The van der Waals surface area contributed by atoms with Crippen molar-refractivity contribution in [2.45, 2.75) is 71.8 Å². The zero-order chi connectivity index (χ0) is 13.3. The largest absolute Gasteiger partial charge is 0.374 e. The van der Waals surface area contributed by atoms with Gasteiger partial charge in [0.2, 0.25) is 0 Å². The first-order valence-corrected chi connectivity index (χ1v) is 7.49. The second-order valence-electron chi connectivity index (χ2n) is 7.28. The third-order valence-corrected chi connectivity index (χ3v) is 4.50. The molecule has 3 nitrogen and oxygen atoms in total. The molecule has 0 radical (unpaired) electrons. The summed E-state index contributed by atoms with van der Waals surface area (Å²) in [6.07, 6.45) is 3.39. The predicted octanol–water partition coefficient (Wildman–Crippen LogP) is 2.26. The van der Waals surface area contributed by atoms with Crippen LogP contribution in [0.2, 0.25) is 0 Å². The van der Waals surface area contributed by atoms with Gasteiger partial charge in [-0.1, -0.05) is 20.8 Å². The summed E-state index contributed by atoms with van der Waals surface area (Å²) in [7, 11) is 0. The van der Waals surface area contributed by atoms with E-state index < -0.39 is 0 Å². The third-order valence-electron chi connectivity index (χ3n) is 4.50. The summed E-state index contributed by atoms with van der Waals surface area (Å²) in [5.41, 5.74) is 0.336. The van der Waals surface area contributed by atoms with Crippen LogP contribution in [0.25, 0.3) is 0 Å². The van der Waals surface area contributed by atoms with Crippen LogP contribution in [-0.2, 0) is 4.74 Å². The quantitative estimate of drug-likeness (QED) is 0.818. The molecule has 0 saturated carbocycles. The Morgan fingerprint density at radius 2 is 1.94 bits per heavy atom. The first kappa shape index (κ1) is 14.3. The molecule has 106 valence electrons. The average Bonchev–Trinajstić information content (AvgIpc) is 2.66. The number of nitrogens with one attached hydrogen (secondary N) is 1. The first-order chi connectivity index (χ1) is 8.36. The van der Waals surface area contributed by atoms with E-state index in [0.717, 1.165) is 19.6 Å². The van der Waals surface area contributed by atoms with Gasteiger partial charge in [-0.3, -0.25) is 4.90 Å². The van der Waals surface area contributed by atoms with Crippen LogP contribution in [-0.4, -0.2) is 48.8 Å². The van der Waals surface area contributed by atoms with Crippen LogP contribution in [0.15, 0.2) is 0 Å². The summed E-state index contributed by atoms with van der Waals surface area (Å²) >= 11 is 0. The van der Waals surface area contributed by atoms with Crippen LogP contribution >= 0.6 is 0 Å². The van der Waals surface area contributed by atoms with E-state index in [-0.39, 0.29) is 0 Å². The Morgan fingerprint density at radius 3 is 2.50 bits per heavy atom. The van der Waals surface area contributed by atoms with Crippen molar-refractivity contribution in [2.24, 2.45) is 5.41 Å². The van der Waals surface area contributed by atoms with E-state index in [4.69, 9.17) is 4.74 Å². The first-order valence-electron chi connectivity index (χ1n) is 7.49. The molecule has 0 aliphatic carbocycles. The van der Waals surface area contributed by atoms with E-state index in [1.807, 2.05) is 0 Å². The topological polar surface area (TPSA) is 24.5 Å². The van der Waals surface area contributed by atoms with Crippen molar-refractivity contribution in [3.05, 3.63) is 0 Å². The molecule has 2 saturated heterocycles. The number of hydrogen-bond acceptors (Lipinski definition) is 3. The van der Waals surface area contributed by atoms with Gasteiger partial charge in [-0.05, 0) is 32.1 Å². The highest BCUT2D eigenvalue weighted by molar-refractivity contribution is 4.91. The monoisotopic (exact) mass is 254 g/mol. The van der Waals surface area contributed by atoms with E-state index in [2.05, 4.69) is 44.8 Å². The van der Waals surface area contributed by atoms with Gasteiger partial charge in [0.05, 0.1) is 12.2 Å². The molecule has 1 N–H and O–H groups in total. The maximum Gasteiger partial charge on any atom is 0.0706 e.